The Labute approximate surface area is 124 Å². The van der Waals surface area contributed by atoms with Crippen molar-refractivity contribution in [2.45, 2.75) is 12.6 Å². The number of amides is 1. The zero-order valence-corrected chi connectivity index (χ0v) is 12.1. The zero-order valence-electron chi connectivity index (χ0n) is 10.5. The summed E-state index contributed by atoms with van der Waals surface area (Å²) in [6.07, 6.45) is -0.669. The molecule has 1 aromatic heterocycles. The summed E-state index contributed by atoms with van der Waals surface area (Å²) < 4.78 is 6.38. The lowest BCUT2D eigenvalue weighted by molar-refractivity contribution is -0.123. The molecule has 0 bridgehead atoms. The molecule has 1 aliphatic rings. The largest absolute Gasteiger partial charge is 0.472 e. The fourth-order valence-corrected chi connectivity index (χ4v) is 2.33. The second-order valence-corrected chi connectivity index (χ2v) is 5.23. The number of pyridine rings is 1. The predicted octanol–water partition coefficient (Wildman–Crippen LogP) is 2.38. The molecule has 1 aromatic carbocycles. The molecule has 0 fully saturated rings. The first-order valence-electron chi connectivity index (χ1n) is 6.10. The Morgan fingerprint density at radius 1 is 1.25 bits per heavy atom. The van der Waals surface area contributed by atoms with E-state index in [9.17, 15) is 4.79 Å². The normalized spacial score (nSPS) is 17.1. The van der Waals surface area contributed by atoms with Gasteiger partial charge in [-0.1, -0.05) is 24.3 Å². The zero-order chi connectivity index (χ0) is 14.1. The van der Waals surface area contributed by atoms with Crippen LogP contribution in [0.5, 0.6) is 5.75 Å². The first kappa shape index (κ1) is 13.1. The van der Waals surface area contributed by atoms with Crippen LogP contribution in [0.3, 0.4) is 0 Å². The number of fused-ring (bicyclic) bond motifs is 1. The lowest BCUT2D eigenvalue weighted by Gasteiger charge is -2.25. The van der Waals surface area contributed by atoms with Crippen LogP contribution < -0.4 is 15.8 Å². The minimum atomic E-state index is -0.669. The van der Waals surface area contributed by atoms with Crippen LogP contribution in [0.1, 0.15) is 17.2 Å². The summed E-state index contributed by atoms with van der Waals surface area (Å²) in [6, 6.07) is 11.0. The van der Waals surface area contributed by atoms with E-state index in [1.807, 2.05) is 24.3 Å². The van der Waals surface area contributed by atoms with Crippen LogP contribution in [0.4, 0.5) is 5.82 Å². The van der Waals surface area contributed by atoms with Crippen molar-refractivity contribution < 1.29 is 9.53 Å². The van der Waals surface area contributed by atoms with E-state index in [1.54, 1.807) is 12.1 Å². The highest BCUT2D eigenvalue weighted by molar-refractivity contribution is 9.10. The van der Waals surface area contributed by atoms with Crippen molar-refractivity contribution in [3.63, 3.8) is 0 Å². The summed E-state index contributed by atoms with van der Waals surface area (Å²) in [7, 11) is 0. The van der Waals surface area contributed by atoms with Crippen LogP contribution in [0, 0.1) is 0 Å². The Kier molecular flexibility index (Phi) is 3.42. The van der Waals surface area contributed by atoms with E-state index in [4.69, 9.17) is 10.5 Å². The van der Waals surface area contributed by atoms with Crippen LogP contribution >= 0.6 is 15.9 Å². The summed E-state index contributed by atoms with van der Waals surface area (Å²) in [6.45, 7) is 0.471. The molecule has 0 aliphatic carbocycles. The van der Waals surface area contributed by atoms with E-state index >= 15 is 0 Å². The Morgan fingerprint density at radius 3 is 2.70 bits per heavy atom. The second-order valence-electron chi connectivity index (χ2n) is 4.41. The van der Waals surface area contributed by atoms with Crippen molar-refractivity contribution in [1.29, 1.82) is 0 Å². The molecular formula is C14H12BrN3O2. The van der Waals surface area contributed by atoms with Crippen LogP contribution in [-0.4, -0.2) is 10.9 Å². The number of hydrogen-bond donors (Lipinski definition) is 2. The molecule has 102 valence electrons. The molecule has 0 spiro atoms. The molecule has 1 atom stereocenters. The van der Waals surface area contributed by atoms with Gasteiger partial charge in [0.1, 0.15) is 4.60 Å². The van der Waals surface area contributed by atoms with E-state index in [0.29, 0.717) is 22.7 Å². The number of hydrogen-bond acceptors (Lipinski definition) is 4. The van der Waals surface area contributed by atoms with E-state index in [1.165, 1.54) is 0 Å². The minimum absolute atomic E-state index is 0.233. The van der Waals surface area contributed by atoms with Gasteiger partial charge in [-0.3, -0.25) is 4.79 Å². The standard InChI is InChI=1S/C14H12BrN3O2/c15-11-6-5-10-13(17-11)18-14(19)12(20-10)9-3-1-8(7-16)2-4-9/h1-6,12H,7,16H2,(H,17,18,19). The third kappa shape index (κ3) is 2.39. The fourth-order valence-electron chi connectivity index (χ4n) is 2.02. The highest BCUT2D eigenvalue weighted by atomic mass is 79.9. The van der Waals surface area contributed by atoms with Crippen LogP contribution in [-0.2, 0) is 11.3 Å². The summed E-state index contributed by atoms with van der Waals surface area (Å²) in [5.41, 5.74) is 7.36. The summed E-state index contributed by atoms with van der Waals surface area (Å²) in [5, 5.41) is 2.75. The van der Waals surface area contributed by atoms with Crippen molar-refractivity contribution in [3.8, 4) is 5.75 Å². The van der Waals surface area contributed by atoms with Gasteiger partial charge in [-0.05, 0) is 33.6 Å². The maximum atomic E-state index is 12.1. The number of nitrogens with one attached hydrogen (secondary N) is 1. The highest BCUT2D eigenvalue weighted by Crippen LogP contribution is 2.34. The molecule has 2 aromatic rings. The maximum Gasteiger partial charge on any atom is 0.271 e. The number of anilines is 1. The molecule has 0 saturated carbocycles. The third-order valence-electron chi connectivity index (χ3n) is 3.07. The fraction of sp³-hybridized carbons (Fsp3) is 0.143. The van der Waals surface area contributed by atoms with Gasteiger partial charge in [-0.2, -0.15) is 0 Å². The molecule has 5 nitrogen and oxygen atoms in total. The van der Waals surface area contributed by atoms with Crippen LogP contribution in [0.2, 0.25) is 0 Å². The number of nitrogens with zero attached hydrogens (tertiary/aromatic N) is 1. The van der Waals surface area contributed by atoms with Gasteiger partial charge in [0.05, 0.1) is 0 Å². The summed E-state index contributed by atoms with van der Waals surface area (Å²) in [5.74, 6) is 0.753. The SMILES string of the molecule is NCc1ccc(C2Oc3ccc(Br)nc3NC2=O)cc1. The first-order valence-corrected chi connectivity index (χ1v) is 6.89. The van der Waals surface area contributed by atoms with Gasteiger partial charge in [0.15, 0.2) is 11.6 Å². The molecule has 3 N–H and O–H groups in total. The summed E-state index contributed by atoms with van der Waals surface area (Å²) in [4.78, 5) is 16.3. The van der Waals surface area contributed by atoms with Gasteiger partial charge in [-0.25, -0.2) is 4.98 Å². The number of carbonyl (C=O) groups is 1. The van der Waals surface area contributed by atoms with Gasteiger partial charge >= 0.3 is 0 Å². The quantitative estimate of drug-likeness (QED) is 0.827. The average molecular weight is 334 g/mol. The van der Waals surface area contributed by atoms with E-state index in [-0.39, 0.29) is 5.91 Å². The van der Waals surface area contributed by atoms with Gasteiger partial charge in [0, 0.05) is 12.1 Å². The number of rotatable bonds is 2. The topological polar surface area (TPSA) is 77.2 Å². The van der Waals surface area contributed by atoms with Crippen molar-refractivity contribution in [2.24, 2.45) is 5.73 Å². The number of halogens is 1. The average Bonchev–Trinajstić information content (AvgIpc) is 2.46. The van der Waals surface area contributed by atoms with Gasteiger partial charge in [0.2, 0.25) is 6.10 Å². The van der Waals surface area contributed by atoms with Gasteiger partial charge in [-0.15, -0.1) is 0 Å². The van der Waals surface area contributed by atoms with E-state index < -0.39 is 6.10 Å². The Morgan fingerprint density at radius 2 is 2.00 bits per heavy atom. The summed E-state index contributed by atoms with van der Waals surface area (Å²) >= 11 is 3.26. The molecule has 1 amide bonds. The lowest BCUT2D eigenvalue weighted by Crippen LogP contribution is -2.30. The minimum Gasteiger partial charge on any atom is -0.472 e. The lowest BCUT2D eigenvalue weighted by atomic mass is 10.1. The Hall–Kier alpha value is -1.92. The number of nitrogens with two attached hydrogens (primary N) is 1. The van der Waals surface area contributed by atoms with Crippen molar-refractivity contribution in [1.82, 2.24) is 4.98 Å². The molecule has 1 aliphatic heterocycles. The molecule has 0 radical (unpaired) electrons. The highest BCUT2D eigenvalue weighted by Gasteiger charge is 2.29. The number of ether oxygens (including phenoxy) is 1. The van der Waals surface area contributed by atoms with Gasteiger partial charge in [0.25, 0.3) is 5.91 Å². The molecule has 3 rings (SSSR count). The van der Waals surface area contributed by atoms with Crippen molar-refractivity contribution in [2.75, 3.05) is 5.32 Å². The molecule has 1 unspecified atom stereocenters. The maximum absolute atomic E-state index is 12.1. The van der Waals surface area contributed by atoms with Gasteiger partial charge < -0.3 is 15.8 Å². The second kappa shape index (κ2) is 5.22. The molecule has 6 heteroatoms. The van der Waals surface area contributed by atoms with Crippen LogP contribution in [0.15, 0.2) is 41.0 Å². The molecule has 0 saturated heterocycles. The molecule has 2 heterocycles. The Balaban J connectivity index is 1.91. The third-order valence-corrected chi connectivity index (χ3v) is 3.51. The smallest absolute Gasteiger partial charge is 0.271 e. The first-order chi connectivity index (χ1) is 9.67. The van der Waals surface area contributed by atoms with Crippen molar-refractivity contribution in [3.05, 3.63) is 52.1 Å². The number of aromatic nitrogens is 1. The number of benzene rings is 1. The van der Waals surface area contributed by atoms with Crippen molar-refractivity contribution >= 4 is 27.7 Å². The molecule has 20 heavy (non-hydrogen) atoms. The molecular weight excluding hydrogens is 322 g/mol. The number of carbonyl (C=O) groups excluding carboxylic acids is 1. The predicted molar refractivity (Wildman–Crippen MR) is 78.3 cm³/mol. The Bertz CT molecular complexity index is 658. The monoisotopic (exact) mass is 333 g/mol. The van der Waals surface area contributed by atoms with Crippen LogP contribution in [0.25, 0.3) is 0 Å². The van der Waals surface area contributed by atoms with E-state index in [2.05, 4.69) is 26.2 Å². The van der Waals surface area contributed by atoms with E-state index in [0.717, 1.165) is 11.1 Å².